The zero-order valence-electron chi connectivity index (χ0n) is 25.7. The molecule has 0 spiro atoms. The molecule has 2 heterocycles. The minimum Gasteiger partial charge on any atom is -0.475 e. The summed E-state index contributed by atoms with van der Waals surface area (Å²) in [6, 6.07) is 13.2. The summed E-state index contributed by atoms with van der Waals surface area (Å²) in [4.78, 5) is 36.6. The van der Waals surface area contributed by atoms with Crippen LogP contribution in [0.4, 0.5) is 10.7 Å². The van der Waals surface area contributed by atoms with Crippen molar-refractivity contribution in [1.29, 1.82) is 0 Å². The predicted molar refractivity (Wildman–Crippen MR) is 166 cm³/mol. The first-order valence-electron chi connectivity index (χ1n) is 14.8. The number of aromatic nitrogens is 2. The smallest absolute Gasteiger partial charge is 0.406 e. The highest BCUT2D eigenvalue weighted by molar-refractivity contribution is 7.92. The molecule has 1 aliphatic heterocycles. The number of hydrogen-bond acceptors (Lipinski definition) is 8. The Morgan fingerprint density at radius 2 is 1.82 bits per heavy atom. The van der Waals surface area contributed by atoms with Crippen molar-refractivity contribution in [2.75, 3.05) is 25.0 Å². The fourth-order valence-corrected chi connectivity index (χ4v) is 7.02. The Bertz CT molecular complexity index is 1630. The van der Waals surface area contributed by atoms with Crippen molar-refractivity contribution < 1.29 is 27.5 Å². The molecule has 1 aliphatic carbocycles. The van der Waals surface area contributed by atoms with Crippen LogP contribution in [-0.2, 0) is 14.8 Å². The molecule has 0 saturated heterocycles. The SMILES string of the molecule is COC(=O)NCC1CC(N2C(=O)c3cccc(c3)S(=O)(=O)Nc3nc(cc(-c4c(C)cccc4C)n3)OC[C@H]2CC(C)C)C1. The molecule has 0 radical (unpaired) electrons. The average Bonchev–Trinajstić information content (AvgIpc) is 2.95. The Morgan fingerprint density at radius 1 is 1.11 bits per heavy atom. The van der Waals surface area contributed by atoms with Crippen LogP contribution in [-0.4, -0.2) is 67.6 Å². The van der Waals surface area contributed by atoms with Gasteiger partial charge in [0, 0.05) is 29.8 Å². The molecule has 2 aromatic carbocycles. The van der Waals surface area contributed by atoms with Crippen LogP contribution in [0.5, 0.6) is 5.88 Å². The maximum Gasteiger partial charge on any atom is 0.406 e. The second kappa shape index (κ2) is 12.8. The van der Waals surface area contributed by atoms with Crippen molar-refractivity contribution in [2.24, 2.45) is 11.8 Å². The number of rotatable bonds is 6. The van der Waals surface area contributed by atoms with Gasteiger partial charge in [-0.05, 0) is 74.3 Å². The minimum atomic E-state index is -4.14. The van der Waals surface area contributed by atoms with Crippen molar-refractivity contribution >= 4 is 28.0 Å². The number of amides is 2. The molecule has 11 nitrogen and oxygen atoms in total. The number of anilines is 1. The van der Waals surface area contributed by atoms with Gasteiger partial charge < -0.3 is 19.7 Å². The monoisotopic (exact) mass is 621 g/mol. The Hall–Kier alpha value is -4.19. The number of alkyl carbamates (subject to hydrolysis) is 1. The third-order valence-electron chi connectivity index (χ3n) is 8.18. The van der Waals surface area contributed by atoms with Gasteiger partial charge in [0.05, 0.1) is 23.7 Å². The number of carbonyl (C=O) groups excluding carboxylic acids is 2. The third-order valence-corrected chi connectivity index (χ3v) is 9.50. The molecule has 4 bridgehead atoms. The zero-order chi connectivity index (χ0) is 31.6. The lowest BCUT2D eigenvalue weighted by Crippen LogP contribution is -2.56. The minimum absolute atomic E-state index is 0.0692. The normalized spacial score (nSPS) is 21.1. The quantitative estimate of drug-likeness (QED) is 0.394. The lowest BCUT2D eigenvalue weighted by Gasteiger charge is -2.46. The molecule has 2 amide bonds. The maximum absolute atomic E-state index is 14.2. The Morgan fingerprint density at radius 3 is 2.50 bits per heavy atom. The molecule has 1 fully saturated rings. The standard InChI is InChI=1S/C32H39N5O6S/c1-19(2)12-25-18-43-28-16-27(29-20(3)8-6-9-21(29)4)34-31(35-28)36-44(40,41)26-11-7-10-23(15-26)30(38)37(25)24-13-22(14-24)17-33-32(39)42-5/h6-11,15-16,19,22,24-25H,12-14,17-18H2,1-5H3,(H,33,39)(H,34,35,36)/t22?,24?,25-/m1/s1. The first-order chi connectivity index (χ1) is 20.9. The van der Waals surface area contributed by atoms with Gasteiger partial charge in [0.15, 0.2) is 0 Å². The molecule has 12 heteroatoms. The Balaban J connectivity index is 1.57. The molecule has 0 unspecified atom stereocenters. The molecule has 3 aromatic rings. The van der Waals surface area contributed by atoms with Crippen molar-refractivity contribution in [2.45, 2.75) is 63.9 Å². The van der Waals surface area contributed by atoms with Crippen LogP contribution >= 0.6 is 0 Å². The first-order valence-corrected chi connectivity index (χ1v) is 16.3. The number of ether oxygens (including phenoxy) is 2. The summed E-state index contributed by atoms with van der Waals surface area (Å²) >= 11 is 0. The van der Waals surface area contributed by atoms with E-state index in [0.29, 0.717) is 31.5 Å². The van der Waals surface area contributed by atoms with Gasteiger partial charge in [0.1, 0.15) is 6.61 Å². The number of hydrogen-bond donors (Lipinski definition) is 2. The Kier molecular flexibility index (Phi) is 9.10. The summed E-state index contributed by atoms with van der Waals surface area (Å²) in [5.41, 5.74) is 3.61. The van der Waals surface area contributed by atoms with Crippen LogP contribution in [0.1, 0.15) is 54.6 Å². The van der Waals surface area contributed by atoms with E-state index >= 15 is 0 Å². The van der Waals surface area contributed by atoms with E-state index < -0.39 is 16.1 Å². The predicted octanol–water partition coefficient (Wildman–Crippen LogP) is 4.95. The van der Waals surface area contributed by atoms with E-state index in [1.807, 2.05) is 36.9 Å². The number of fused-ring (bicyclic) bond motifs is 4. The lowest BCUT2D eigenvalue weighted by atomic mass is 9.78. The Labute approximate surface area is 258 Å². The van der Waals surface area contributed by atoms with Crippen LogP contribution in [0.15, 0.2) is 53.4 Å². The summed E-state index contributed by atoms with van der Waals surface area (Å²) in [6.45, 7) is 8.72. The van der Waals surface area contributed by atoms with E-state index in [2.05, 4.69) is 33.9 Å². The van der Waals surface area contributed by atoms with Crippen molar-refractivity contribution in [3.05, 3.63) is 65.2 Å². The molecular weight excluding hydrogens is 582 g/mol. The van der Waals surface area contributed by atoms with Crippen LogP contribution in [0.2, 0.25) is 0 Å². The van der Waals surface area contributed by atoms with Gasteiger partial charge in [-0.15, -0.1) is 0 Å². The molecule has 2 N–H and O–H groups in total. The van der Waals surface area contributed by atoms with Gasteiger partial charge >= 0.3 is 6.09 Å². The fourth-order valence-electron chi connectivity index (χ4n) is 6.03. The highest BCUT2D eigenvalue weighted by atomic mass is 32.2. The number of carbonyl (C=O) groups is 2. The summed E-state index contributed by atoms with van der Waals surface area (Å²) in [6.07, 6.45) is 1.52. The van der Waals surface area contributed by atoms with Gasteiger partial charge in [0.25, 0.3) is 15.9 Å². The summed E-state index contributed by atoms with van der Waals surface area (Å²) in [5.74, 6) is 0.238. The van der Waals surface area contributed by atoms with E-state index in [-0.39, 0.29) is 58.7 Å². The topological polar surface area (TPSA) is 140 Å². The molecule has 2 aliphatic rings. The van der Waals surface area contributed by atoms with E-state index in [1.54, 1.807) is 18.2 Å². The molecule has 5 rings (SSSR count). The van der Waals surface area contributed by atoms with Crippen molar-refractivity contribution in [3.63, 3.8) is 0 Å². The van der Waals surface area contributed by atoms with Gasteiger partial charge in [0.2, 0.25) is 11.8 Å². The van der Waals surface area contributed by atoms with Crippen LogP contribution in [0.3, 0.4) is 0 Å². The number of nitrogens with zero attached hydrogens (tertiary/aromatic N) is 3. The van der Waals surface area contributed by atoms with Crippen LogP contribution in [0.25, 0.3) is 11.3 Å². The van der Waals surface area contributed by atoms with Gasteiger partial charge in [-0.1, -0.05) is 38.1 Å². The second-order valence-corrected chi connectivity index (χ2v) is 13.7. The van der Waals surface area contributed by atoms with E-state index in [1.165, 1.54) is 19.2 Å². The van der Waals surface area contributed by atoms with Gasteiger partial charge in [-0.25, -0.2) is 22.9 Å². The largest absolute Gasteiger partial charge is 0.475 e. The summed E-state index contributed by atoms with van der Waals surface area (Å²) < 4.78 is 40.6. The van der Waals surface area contributed by atoms with E-state index in [0.717, 1.165) is 16.7 Å². The molecule has 1 saturated carbocycles. The van der Waals surface area contributed by atoms with Crippen LogP contribution < -0.4 is 14.8 Å². The van der Waals surface area contributed by atoms with Crippen LogP contribution in [0, 0.1) is 25.7 Å². The van der Waals surface area contributed by atoms with E-state index in [9.17, 15) is 18.0 Å². The van der Waals surface area contributed by atoms with Gasteiger partial charge in [-0.3, -0.25) is 4.79 Å². The number of benzene rings is 2. The van der Waals surface area contributed by atoms with Gasteiger partial charge in [-0.2, -0.15) is 4.98 Å². The number of nitrogens with one attached hydrogen (secondary N) is 2. The van der Waals surface area contributed by atoms with Crippen molar-refractivity contribution in [1.82, 2.24) is 20.2 Å². The molecule has 44 heavy (non-hydrogen) atoms. The average molecular weight is 622 g/mol. The lowest BCUT2D eigenvalue weighted by molar-refractivity contribution is 0.0146. The highest BCUT2D eigenvalue weighted by Crippen LogP contribution is 2.36. The summed E-state index contributed by atoms with van der Waals surface area (Å²) in [7, 11) is -2.82. The highest BCUT2D eigenvalue weighted by Gasteiger charge is 2.40. The van der Waals surface area contributed by atoms with E-state index in [4.69, 9.17) is 9.47 Å². The number of sulfonamides is 1. The second-order valence-electron chi connectivity index (χ2n) is 12.0. The summed E-state index contributed by atoms with van der Waals surface area (Å²) in [5, 5.41) is 2.74. The molecule has 234 valence electrons. The first kappa shape index (κ1) is 31.2. The molecular formula is C32H39N5O6S. The molecule has 1 atom stereocenters. The zero-order valence-corrected chi connectivity index (χ0v) is 26.5. The number of aryl methyl sites for hydroxylation is 2. The molecule has 1 aromatic heterocycles. The fraction of sp³-hybridized carbons (Fsp3) is 0.438. The number of methoxy groups -OCH3 is 1. The van der Waals surface area contributed by atoms with Crippen molar-refractivity contribution in [3.8, 4) is 17.1 Å². The third kappa shape index (κ3) is 6.80. The maximum atomic E-state index is 14.2.